The highest BCUT2D eigenvalue weighted by molar-refractivity contribution is 7.16. The summed E-state index contributed by atoms with van der Waals surface area (Å²) in [5, 5.41) is 3.66. The van der Waals surface area contributed by atoms with Crippen LogP contribution in [0.25, 0.3) is 11.3 Å². The summed E-state index contributed by atoms with van der Waals surface area (Å²) in [5.41, 5.74) is 5.90. The van der Waals surface area contributed by atoms with Crippen molar-refractivity contribution in [2.75, 3.05) is 36.4 Å². The molecule has 0 unspecified atom stereocenters. The zero-order valence-corrected chi connectivity index (χ0v) is 21.3. The number of likely N-dealkylation sites (tertiary alicyclic amines) is 1. The van der Waals surface area contributed by atoms with Crippen LogP contribution in [0.3, 0.4) is 0 Å². The minimum Gasteiger partial charge on any atom is -0.308 e. The van der Waals surface area contributed by atoms with Gasteiger partial charge in [-0.25, -0.2) is 4.98 Å². The zero-order valence-electron chi connectivity index (χ0n) is 20.5. The van der Waals surface area contributed by atoms with E-state index >= 15 is 0 Å². The highest BCUT2D eigenvalue weighted by Crippen LogP contribution is 2.36. The summed E-state index contributed by atoms with van der Waals surface area (Å²) in [6, 6.07) is 13.9. The first-order valence-corrected chi connectivity index (χ1v) is 13.3. The predicted molar refractivity (Wildman–Crippen MR) is 142 cm³/mol. The quantitative estimate of drug-likeness (QED) is 0.519. The number of aryl methyl sites for hydroxylation is 2. The van der Waals surface area contributed by atoms with Gasteiger partial charge in [-0.3, -0.25) is 14.5 Å². The van der Waals surface area contributed by atoms with Gasteiger partial charge >= 0.3 is 0 Å². The van der Waals surface area contributed by atoms with E-state index in [-0.39, 0.29) is 11.8 Å². The van der Waals surface area contributed by atoms with Crippen LogP contribution in [0.4, 0.5) is 10.8 Å². The van der Waals surface area contributed by atoms with E-state index < -0.39 is 0 Å². The lowest BCUT2D eigenvalue weighted by Crippen LogP contribution is -2.33. The molecule has 1 saturated heterocycles. The monoisotopic (exact) mass is 488 g/mol. The summed E-state index contributed by atoms with van der Waals surface area (Å²) < 4.78 is 0. The van der Waals surface area contributed by atoms with E-state index in [4.69, 9.17) is 4.98 Å². The Hall–Kier alpha value is -3.03. The predicted octanol–water partition coefficient (Wildman–Crippen LogP) is 5.44. The number of anilines is 2. The Labute approximate surface area is 211 Å². The number of hydrogen-bond donors (Lipinski definition) is 1. The molecule has 1 N–H and O–H groups in total. The maximum Gasteiger partial charge on any atom is 0.258 e. The van der Waals surface area contributed by atoms with Crippen molar-refractivity contribution in [1.82, 2.24) is 9.88 Å². The van der Waals surface area contributed by atoms with Gasteiger partial charge in [-0.05, 0) is 76.0 Å². The number of fused-ring (bicyclic) bond motifs is 1. The van der Waals surface area contributed by atoms with Crippen LogP contribution >= 0.6 is 11.3 Å². The molecular formula is C28H32N4O2S. The Bertz CT molecular complexity index is 1230. The Morgan fingerprint density at radius 3 is 2.46 bits per heavy atom. The maximum atomic E-state index is 13.1. The molecule has 0 saturated carbocycles. The van der Waals surface area contributed by atoms with Crippen molar-refractivity contribution in [1.29, 1.82) is 0 Å². The molecule has 3 heterocycles. The molecule has 1 fully saturated rings. The molecule has 6 nitrogen and oxygen atoms in total. The highest BCUT2D eigenvalue weighted by Gasteiger charge is 2.26. The van der Waals surface area contributed by atoms with Crippen molar-refractivity contribution in [2.45, 2.75) is 46.0 Å². The van der Waals surface area contributed by atoms with Crippen LogP contribution in [0.1, 0.15) is 52.0 Å². The molecule has 5 rings (SSSR count). The van der Waals surface area contributed by atoms with Gasteiger partial charge in [0.15, 0.2) is 5.13 Å². The lowest BCUT2D eigenvalue weighted by molar-refractivity contribution is -0.117. The van der Waals surface area contributed by atoms with E-state index in [2.05, 4.69) is 16.3 Å². The van der Waals surface area contributed by atoms with Gasteiger partial charge in [0.25, 0.3) is 5.91 Å². The number of nitrogens with one attached hydrogen (secondary N) is 1. The molecule has 2 aliphatic heterocycles. The average molecular weight is 489 g/mol. The Kier molecular flexibility index (Phi) is 6.97. The average Bonchev–Trinajstić information content (AvgIpc) is 3.33. The molecule has 0 radical (unpaired) electrons. The third-order valence-corrected chi connectivity index (χ3v) is 7.79. The van der Waals surface area contributed by atoms with Crippen molar-refractivity contribution >= 4 is 34.0 Å². The van der Waals surface area contributed by atoms with Gasteiger partial charge in [0, 0.05) is 28.2 Å². The van der Waals surface area contributed by atoms with Crippen molar-refractivity contribution in [3.63, 3.8) is 0 Å². The van der Waals surface area contributed by atoms with Gasteiger partial charge in [0.05, 0.1) is 12.2 Å². The molecule has 0 atom stereocenters. The fourth-order valence-electron chi connectivity index (χ4n) is 4.99. The fourth-order valence-corrected chi connectivity index (χ4v) is 5.84. The minimum absolute atomic E-state index is 0.00594. The number of aromatic nitrogens is 1. The molecule has 7 heteroatoms. The van der Waals surface area contributed by atoms with Crippen LogP contribution in [0, 0.1) is 13.8 Å². The number of hydrogen-bond acceptors (Lipinski definition) is 5. The molecule has 2 amide bonds. The fraction of sp³-hybridized carbons (Fsp3) is 0.393. The number of benzene rings is 2. The van der Waals surface area contributed by atoms with Crippen LogP contribution in [0.15, 0.2) is 42.5 Å². The van der Waals surface area contributed by atoms with Crippen LogP contribution in [-0.2, 0) is 11.2 Å². The molecule has 3 aromatic rings. The Morgan fingerprint density at radius 2 is 1.71 bits per heavy atom. The van der Waals surface area contributed by atoms with Gasteiger partial charge in [0.2, 0.25) is 5.91 Å². The third-order valence-electron chi connectivity index (χ3n) is 6.90. The number of carbonyl (C=O) groups is 2. The van der Waals surface area contributed by atoms with Crippen molar-refractivity contribution in [3.05, 3.63) is 64.0 Å². The number of amides is 2. The molecule has 35 heavy (non-hydrogen) atoms. The van der Waals surface area contributed by atoms with Gasteiger partial charge in [-0.15, -0.1) is 11.3 Å². The van der Waals surface area contributed by atoms with Crippen LogP contribution in [0.2, 0.25) is 0 Å². The van der Waals surface area contributed by atoms with Crippen molar-refractivity contribution < 1.29 is 9.59 Å². The number of rotatable bonds is 5. The SMILES string of the molecule is Cc1ccc(C(=O)N2CCc3cc(-c4nc(NC(=O)CN5CCCCCC5)sc4C)ccc32)cc1. The summed E-state index contributed by atoms with van der Waals surface area (Å²) in [6.07, 6.45) is 5.67. The van der Waals surface area contributed by atoms with Crippen molar-refractivity contribution in [2.24, 2.45) is 0 Å². The van der Waals surface area contributed by atoms with Crippen LogP contribution in [-0.4, -0.2) is 47.9 Å². The molecule has 0 spiro atoms. The van der Waals surface area contributed by atoms with Gasteiger partial charge in [-0.1, -0.05) is 36.6 Å². The highest BCUT2D eigenvalue weighted by atomic mass is 32.1. The van der Waals surface area contributed by atoms with E-state index in [1.54, 1.807) is 0 Å². The molecule has 1 aromatic heterocycles. The number of thiazole rings is 1. The molecular weight excluding hydrogens is 456 g/mol. The Balaban J connectivity index is 1.28. The molecule has 2 aromatic carbocycles. The first kappa shape index (κ1) is 23.7. The van der Waals surface area contributed by atoms with Gasteiger partial charge in [-0.2, -0.15) is 0 Å². The van der Waals surface area contributed by atoms with Crippen molar-refractivity contribution in [3.8, 4) is 11.3 Å². The second-order valence-electron chi connectivity index (χ2n) is 9.58. The second-order valence-corrected chi connectivity index (χ2v) is 10.8. The lowest BCUT2D eigenvalue weighted by Gasteiger charge is -2.18. The molecule has 0 aliphatic carbocycles. The summed E-state index contributed by atoms with van der Waals surface area (Å²) in [6.45, 7) is 7.16. The minimum atomic E-state index is 0.00594. The van der Waals surface area contributed by atoms with E-state index in [1.165, 1.54) is 37.0 Å². The largest absolute Gasteiger partial charge is 0.308 e. The standard InChI is InChI=1S/C28H32N4O2S/c1-19-7-9-21(10-8-19)27(34)32-16-13-22-17-23(11-12-24(22)32)26-20(2)35-28(30-26)29-25(33)18-31-14-5-3-4-6-15-31/h7-12,17H,3-6,13-16,18H2,1-2H3,(H,29,30,33). The first-order chi connectivity index (χ1) is 17.0. The smallest absolute Gasteiger partial charge is 0.258 e. The lowest BCUT2D eigenvalue weighted by atomic mass is 10.1. The van der Waals surface area contributed by atoms with E-state index in [0.717, 1.165) is 52.5 Å². The van der Waals surface area contributed by atoms with E-state index in [1.807, 2.05) is 55.1 Å². The maximum absolute atomic E-state index is 13.1. The summed E-state index contributed by atoms with van der Waals surface area (Å²) in [7, 11) is 0. The van der Waals surface area contributed by atoms with E-state index in [0.29, 0.717) is 23.8 Å². The van der Waals surface area contributed by atoms with Crippen LogP contribution in [0.5, 0.6) is 0 Å². The number of carbonyl (C=O) groups excluding carboxylic acids is 2. The molecule has 182 valence electrons. The second kappa shape index (κ2) is 10.3. The topological polar surface area (TPSA) is 65.5 Å². The summed E-state index contributed by atoms with van der Waals surface area (Å²) >= 11 is 1.51. The molecule has 0 bridgehead atoms. The molecule has 2 aliphatic rings. The number of nitrogens with zero attached hydrogens (tertiary/aromatic N) is 3. The summed E-state index contributed by atoms with van der Waals surface area (Å²) in [5.74, 6) is 0.0437. The third kappa shape index (κ3) is 5.31. The normalized spacial score (nSPS) is 16.1. The van der Waals surface area contributed by atoms with Gasteiger partial charge in [0.1, 0.15) is 0 Å². The summed E-state index contributed by atoms with van der Waals surface area (Å²) in [4.78, 5) is 35.6. The Morgan fingerprint density at radius 1 is 0.971 bits per heavy atom. The first-order valence-electron chi connectivity index (χ1n) is 12.5. The van der Waals surface area contributed by atoms with Gasteiger partial charge < -0.3 is 10.2 Å². The van der Waals surface area contributed by atoms with Crippen LogP contribution < -0.4 is 10.2 Å². The van der Waals surface area contributed by atoms with E-state index in [9.17, 15) is 9.59 Å². The zero-order chi connectivity index (χ0) is 24.4.